The van der Waals surface area contributed by atoms with Gasteiger partial charge >= 0.3 is 5.97 Å². The van der Waals surface area contributed by atoms with Crippen LogP contribution in [0.2, 0.25) is 0 Å². The van der Waals surface area contributed by atoms with Gasteiger partial charge in [-0.2, -0.15) is 4.31 Å². The van der Waals surface area contributed by atoms with E-state index in [1.807, 2.05) is 0 Å². The summed E-state index contributed by atoms with van der Waals surface area (Å²) in [7, 11) is -3.73. The van der Waals surface area contributed by atoms with Crippen LogP contribution in [0.1, 0.15) is 19.8 Å². The summed E-state index contributed by atoms with van der Waals surface area (Å²) in [6.45, 7) is 2.01. The van der Waals surface area contributed by atoms with Crippen molar-refractivity contribution in [3.63, 3.8) is 0 Å². The Morgan fingerprint density at radius 3 is 2.87 bits per heavy atom. The number of nitrogens with zero attached hydrogens (tertiary/aromatic N) is 2. The number of sulfonamides is 1. The second kappa shape index (κ2) is 5.90. The highest BCUT2D eigenvalue weighted by molar-refractivity contribution is 7.89. The van der Waals surface area contributed by atoms with Crippen LogP contribution in [0.25, 0.3) is 10.9 Å². The highest BCUT2D eigenvalue weighted by atomic mass is 32.2. The van der Waals surface area contributed by atoms with Crippen LogP contribution in [0, 0.1) is 5.92 Å². The molecule has 3 rings (SSSR count). The highest BCUT2D eigenvalue weighted by Gasteiger charge is 2.39. The molecular formula is C16H18N2O4S. The van der Waals surface area contributed by atoms with Crippen LogP contribution in [-0.4, -0.2) is 41.4 Å². The van der Waals surface area contributed by atoms with Crippen molar-refractivity contribution in [3.05, 3.63) is 36.5 Å². The SMILES string of the molecule is C[C@@H]1[C@H](C(=O)O)CCCN1S(=O)(=O)c1ccc2ncccc2c1. The Kier molecular flexibility index (Phi) is 4.08. The first-order valence-electron chi connectivity index (χ1n) is 7.50. The van der Waals surface area contributed by atoms with Crippen molar-refractivity contribution < 1.29 is 18.3 Å². The third kappa shape index (κ3) is 2.82. The Balaban J connectivity index is 2.00. The van der Waals surface area contributed by atoms with Gasteiger partial charge in [0.1, 0.15) is 0 Å². The Labute approximate surface area is 134 Å². The second-order valence-electron chi connectivity index (χ2n) is 5.80. The predicted octanol–water partition coefficient (Wildman–Crippen LogP) is 2.11. The second-order valence-corrected chi connectivity index (χ2v) is 7.69. The van der Waals surface area contributed by atoms with E-state index in [0.29, 0.717) is 19.4 Å². The van der Waals surface area contributed by atoms with Gasteiger partial charge in [0.05, 0.1) is 16.3 Å². The summed E-state index contributed by atoms with van der Waals surface area (Å²) in [6.07, 6.45) is 2.71. The molecule has 1 N–H and O–H groups in total. The number of rotatable bonds is 3. The first kappa shape index (κ1) is 15.9. The molecule has 1 fully saturated rings. The van der Waals surface area contributed by atoms with Crippen molar-refractivity contribution in [2.45, 2.75) is 30.7 Å². The number of fused-ring (bicyclic) bond motifs is 1. The summed E-state index contributed by atoms with van der Waals surface area (Å²) in [5.41, 5.74) is 0.724. The normalized spacial score (nSPS) is 23.0. The molecule has 0 amide bonds. The monoisotopic (exact) mass is 334 g/mol. The van der Waals surface area contributed by atoms with Gasteiger partial charge in [-0.1, -0.05) is 6.07 Å². The van der Waals surface area contributed by atoms with Gasteiger partial charge in [-0.05, 0) is 44.0 Å². The molecule has 7 heteroatoms. The largest absolute Gasteiger partial charge is 0.481 e. The van der Waals surface area contributed by atoms with Gasteiger partial charge in [0, 0.05) is 24.2 Å². The third-order valence-electron chi connectivity index (χ3n) is 4.43. The van der Waals surface area contributed by atoms with E-state index in [4.69, 9.17) is 0 Å². The van der Waals surface area contributed by atoms with Crippen molar-refractivity contribution >= 4 is 26.9 Å². The molecule has 0 saturated carbocycles. The van der Waals surface area contributed by atoms with E-state index in [2.05, 4.69) is 4.98 Å². The van der Waals surface area contributed by atoms with Crippen molar-refractivity contribution in [2.24, 2.45) is 5.92 Å². The lowest BCUT2D eigenvalue weighted by molar-refractivity contribution is -0.144. The van der Waals surface area contributed by atoms with Crippen molar-refractivity contribution in [1.82, 2.24) is 9.29 Å². The fourth-order valence-corrected chi connectivity index (χ4v) is 4.87. The number of pyridine rings is 1. The topological polar surface area (TPSA) is 87.6 Å². The first-order chi connectivity index (χ1) is 10.9. The molecule has 0 radical (unpaired) electrons. The number of aliphatic carboxylic acids is 1. The number of piperidine rings is 1. The van der Waals surface area contributed by atoms with E-state index in [1.165, 1.54) is 10.4 Å². The maximum atomic E-state index is 12.9. The summed E-state index contributed by atoms with van der Waals surface area (Å²) in [4.78, 5) is 15.7. The number of benzene rings is 1. The molecule has 0 spiro atoms. The molecule has 122 valence electrons. The molecule has 2 atom stereocenters. The molecule has 1 aromatic heterocycles. The van der Waals surface area contributed by atoms with Crippen LogP contribution in [0.5, 0.6) is 0 Å². The van der Waals surface area contributed by atoms with Crippen LogP contribution in [0.4, 0.5) is 0 Å². The van der Waals surface area contributed by atoms with E-state index in [-0.39, 0.29) is 4.90 Å². The molecule has 1 aromatic carbocycles. The van der Waals surface area contributed by atoms with Crippen LogP contribution >= 0.6 is 0 Å². The van der Waals surface area contributed by atoms with E-state index < -0.39 is 28.0 Å². The van der Waals surface area contributed by atoms with Crippen LogP contribution < -0.4 is 0 Å². The van der Waals surface area contributed by atoms with Crippen LogP contribution in [-0.2, 0) is 14.8 Å². The average molecular weight is 334 g/mol. The summed E-state index contributed by atoms with van der Waals surface area (Å²) >= 11 is 0. The minimum atomic E-state index is -3.73. The predicted molar refractivity (Wildman–Crippen MR) is 85.5 cm³/mol. The number of carbonyl (C=O) groups is 1. The number of carboxylic acids is 1. The molecule has 0 bridgehead atoms. The Hall–Kier alpha value is -1.99. The fraction of sp³-hybridized carbons (Fsp3) is 0.375. The van der Waals surface area contributed by atoms with Crippen molar-refractivity contribution in [3.8, 4) is 0 Å². The Morgan fingerprint density at radius 1 is 1.35 bits per heavy atom. The Bertz CT molecular complexity index is 850. The van der Waals surface area contributed by atoms with Gasteiger partial charge in [-0.15, -0.1) is 0 Å². The minimum absolute atomic E-state index is 0.177. The molecule has 23 heavy (non-hydrogen) atoms. The molecule has 2 aromatic rings. The lowest BCUT2D eigenvalue weighted by Crippen LogP contribution is -2.48. The third-order valence-corrected chi connectivity index (χ3v) is 6.41. The molecule has 1 aliphatic heterocycles. The molecule has 0 aliphatic carbocycles. The molecule has 2 heterocycles. The van der Waals surface area contributed by atoms with Crippen molar-refractivity contribution in [1.29, 1.82) is 0 Å². The smallest absolute Gasteiger partial charge is 0.308 e. The number of hydrogen-bond acceptors (Lipinski definition) is 4. The Morgan fingerprint density at radius 2 is 2.13 bits per heavy atom. The van der Waals surface area contributed by atoms with E-state index >= 15 is 0 Å². The van der Waals surface area contributed by atoms with E-state index in [1.54, 1.807) is 37.4 Å². The van der Waals surface area contributed by atoms with E-state index in [9.17, 15) is 18.3 Å². The molecule has 1 saturated heterocycles. The zero-order valence-corrected chi connectivity index (χ0v) is 13.5. The fourth-order valence-electron chi connectivity index (χ4n) is 3.13. The zero-order chi connectivity index (χ0) is 16.6. The van der Waals surface area contributed by atoms with Crippen LogP contribution in [0.3, 0.4) is 0 Å². The van der Waals surface area contributed by atoms with E-state index in [0.717, 1.165) is 10.9 Å². The maximum absolute atomic E-state index is 12.9. The van der Waals surface area contributed by atoms with Crippen LogP contribution in [0.15, 0.2) is 41.4 Å². The quantitative estimate of drug-likeness (QED) is 0.929. The lowest BCUT2D eigenvalue weighted by Gasteiger charge is -2.36. The summed E-state index contributed by atoms with van der Waals surface area (Å²) in [6, 6.07) is 7.79. The molecule has 1 aliphatic rings. The van der Waals surface area contributed by atoms with Gasteiger partial charge in [-0.25, -0.2) is 8.42 Å². The minimum Gasteiger partial charge on any atom is -0.481 e. The molecular weight excluding hydrogens is 316 g/mol. The van der Waals surface area contributed by atoms with Gasteiger partial charge in [-0.3, -0.25) is 9.78 Å². The first-order valence-corrected chi connectivity index (χ1v) is 8.95. The highest BCUT2D eigenvalue weighted by Crippen LogP contribution is 2.30. The molecule has 0 unspecified atom stereocenters. The lowest BCUT2D eigenvalue weighted by atomic mass is 9.92. The number of carboxylic acid groups (broad SMARTS) is 1. The number of hydrogen-bond donors (Lipinski definition) is 1. The number of aromatic nitrogens is 1. The van der Waals surface area contributed by atoms with Gasteiger partial charge in [0.25, 0.3) is 0 Å². The van der Waals surface area contributed by atoms with Gasteiger partial charge < -0.3 is 5.11 Å². The standard InChI is InChI=1S/C16H18N2O4S/c1-11-14(16(19)20)5-3-9-18(11)23(21,22)13-6-7-15-12(10-13)4-2-8-17-15/h2,4,6-8,10-11,14H,3,5,9H2,1H3,(H,19,20)/t11-,14-/m1/s1. The molecule has 6 nitrogen and oxygen atoms in total. The maximum Gasteiger partial charge on any atom is 0.308 e. The van der Waals surface area contributed by atoms with Gasteiger partial charge in [0.15, 0.2) is 0 Å². The summed E-state index contributed by atoms with van der Waals surface area (Å²) in [5.74, 6) is -1.61. The van der Waals surface area contributed by atoms with Gasteiger partial charge in [0.2, 0.25) is 10.0 Å². The average Bonchev–Trinajstić information content (AvgIpc) is 2.54. The van der Waals surface area contributed by atoms with Crippen molar-refractivity contribution in [2.75, 3.05) is 6.54 Å². The summed E-state index contributed by atoms with van der Waals surface area (Å²) in [5, 5.41) is 10.0. The zero-order valence-electron chi connectivity index (χ0n) is 12.7. The summed E-state index contributed by atoms with van der Waals surface area (Å²) < 4.78 is 27.2.